The van der Waals surface area contributed by atoms with Crippen LogP contribution < -0.4 is 10.5 Å². The Morgan fingerprint density at radius 1 is 0.917 bits per heavy atom. The van der Waals surface area contributed by atoms with Crippen LogP contribution in [0.1, 0.15) is 43.7 Å². The molecule has 11 heteroatoms. The molecule has 3 N–H and O–H groups in total. The summed E-state index contributed by atoms with van der Waals surface area (Å²) in [7, 11) is -0.836. The molecular formula is C37H41ClN4O5Si. The topological polar surface area (TPSA) is 114 Å². The average molecular weight is 685 g/mol. The zero-order chi connectivity index (χ0) is 34.1. The van der Waals surface area contributed by atoms with E-state index in [1.54, 1.807) is 24.1 Å². The highest BCUT2D eigenvalue weighted by atomic mass is 35.5. The predicted octanol–water partition coefficient (Wildman–Crippen LogP) is 7.09. The van der Waals surface area contributed by atoms with Crippen molar-refractivity contribution < 1.29 is 23.7 Å². The summed E-state index contributed by atoms with van der Waals surface area (Å²) in [5.41, 5.74) is 7.71. The number of aromatic nitrogens is 3. The van der Waals surface area contributed by atoms with Gasteiger partial charge >= 0.3 is 0 Å². The van der Waals surface area contributed by atoms with Crippen molar-refractivity contribution in [2.24, 2.45) is 0 Å². The number of aliphatic hydroxyl groups is 1. The minimum atomic E-state index is -2.48. The SMILES string of the molecule is COc1ccc(C(OC2[C@H]3O[C@@H](n4cnc5c(N)cc(Cl)nc54)C(O[Si](C)(C)C(C)(C)C)[C@]23O)(c2ccccc2)c2ccccc2)cc1. The van der Waals surface area contributed by atoms with Gasteiger partial charge < -0.3 is 29.5 Å². The number of hydrogen-bond acceptors (Lipinski definition) is 8. The highest BCUT2D eigenvalue weighted by Gasteiger charge is 2.80. The third-order valence-electron chi connectivity index (χ3n) is 10.3. The summed E-state index contributed by atoms with van der Waals surface area (Å²) in [6, 6.07) is 29.5. The monoisotopic (exact) mass is 684 g/mol. The van der Waals surface area contributed by atoms with Gasteiger partial charge in [0.2, 0.25) is 0 Å². The number of hydrogen-bond donors (Lipinski definition) is 2. The summed E-state index contributed by atoms with van der Waals surface area (Å²) in [5, 5.41) is 12.9. The molecule has 2 aromatic heterocycles. The molecule has 9 nitrogen and oxygen atoms in total. The molecular weight excluding hydrogens is 644 g/mol. The second kappa shape index (κ2) is 11.7. The van der Waals surface area contributed by atoms with E-state index in [4.69, 9.17) is 36.0 Å². The van der Waals surface area contributed by atoms with E-state index >= 15 is 0 Å². The van der Waals surface area contributed by atoms with E-state index in [1.807, 2.05) is 84.9 Å². The number of halogens is 1. The Hall–Kier alpha value is -3.77. The molecule has 3 aromatic carbocycles. The summed E-state index contributed by atoms with van der Waals surface area (Å²) < 4.78 is 28.4. The Kier molecular flexibility index (Phi) is 7.97. The highest BCUT2D eigenvalue weighted by Crippen LogP contribution is 2.61. The van der Waals surface area contributed by atoms with Gasteiger partial charge in [-0.15, -0.1) is 0 Å². The van der Waals surface area contributed by atoms with Gasteiger partial charge in [-0.25, -0.2) is 9.97 Å². The van der Waals surface area contributed by atoms with Gasteiger partial charge in [-0.3, -0.25) is 4.57 Å². The molecule has 1 saturated carbocycles. The van der Waals surface area contributed by atoms with E-state index in [9.17, 15) is 5.11 Å². The zero-order valence-corrected chi connectivity index (χ0v) is 29.7. The summed E-state index contributed by atoms with van der Waals surface area (Å²) >= 11 is 6.34. The van der Waals surface area contributed by atoms with Crippen LogP contribution in [0.2, 0.25) is 23.3 Å². The molecule has 1 saturated heterocycles. The van der Waals surface area contributed by atoms with Crippen LogP contribution in [-0.4, -0.2) is 59.0 Å². The lowest BCUT2D eigenvalue weighted by atomic mass is 9.80. The molecule has 0 radical (unpaired) electrons. The summed E-state index contributed by atoms with van der Waals surface area (Å²) in [5.74, 6) is 0.728. The lowest BCUT2D eigenvalue weighted by Crippen LogP contribution is -2.51. The number of nitrogens with two attached hydrogens (primary N) is 1. The first-order valence-electron chi connectivity index (χ1n) is 16.1. The van der Waals surface area contributed by atoms with Gasteiger partial charge in [0, 0.05) is 6.07 Å². The lowest BCUT2D eigenvalue weighted by molar-refractivity contribution is -0.128. The van der Waals surface area contributed by atoms with Crippen LogP contribution in [0.15, 0.2) is 97.3 Å². The van der Waals surface area contributed by atoms with Crippen molar-refractivity contribution in [3.05, 3.63) is 119 Å². The van der Waals surface area contributed by atoms with Gasteiger partial charge in [-0.1, -0.05) is 105 Å². The molecule has 1 aliphatic heterocycles. The van der Waals surface area contributed by atoms with E-state index in [0.717, 1.165) is 22.4 Å². The number of nitrogens with zero attached hydrogens (tertiary/aromatic N) is 3. The maximum Gasteiger partial charge on any atom is 0.192 e. The van der Waals surface area contributed by atoms with E-state index in [-0.39, 0.29) is 10.2 Å². The number of nitrogen functional groups attached to an aromatic ring is 1. The molecule has 2 aliphatic rings. The average Bonchev–Trinajstić information content (AvgIpc) is 3.29. The molecule has 2 fully saturated rings. The molecule has 3 heterocycles. The lowest BCUT2D eigenvalue weighted by Gasteiger charge is -2.42. The quantitative estimate of drug-likeness (QED) is 0.0962. The first kappa shape index (κ1) is 32.8. The Bertz CT molecular complexity index is 1890. The fraction of sp³-hybridized carbons (Fsp3) is 0.351. The second-order valence-electron chi connectivity index (χ2n) is 14.2. The number of benzene rings is 3. The Morgan fingerprint density at radius 2 is 1.50 bits per heavy atom. The van der Waals surface area contributed by atoms with Crippen LogP contribution in [0, 0.1) is 0 Å². The third kappa shape index (κ3) is 5.13. The highest BCUT2D eigenvalue weighted by molar-refractivity contribution is 6.74. The molecule has 2 unspecified atom stereocenters. The van der Waals surface area contributed by atoms with Crippen LogP contribution in [0.3, 0.4) is 0 Å². The molecule has 48 heavy (non-hydrogen) atoms. The fourth-order valence-electron chi connectivity index (χ4n) is 6.55. The summed E-state index contributed by atoms with van der Waals surface area (Å²) in [6.45, 7) is 10.8. The molecule has 0 spiro atoms. The van der Waals surface area contributed by atoms with Crippen molar-refractivity contribution in [3.63, 3.8) is 0 Å². The smallest absolute Gasteiger partial charge is 0.192 e. The number of anilines is 1. The molecule has 1 aliphatic carbocycles. The molecule has 5 atom stereocenters. The minimum absolute atomic E-state index is 0.152. The minimum Gasteiger partial charge on any atom is -0.497 e. The number of rotatable bonds is 9. The number of ether oxygens (including phenoxy) is 3. The van der Waals surface area contributed by atoms with Gasteiger partial charge in [0.1, 0.15) is 40.3 Å². The van der Waals surface area contributed by atoms with Gasteiger partial charge in [0.05, 0.1) is 19.1 Å². The second-order valence-corrected chi connectivity index (χ2v) is 19.3. The van der Waals surface area contributed by atoms with Crippen LogP contribution in [0.4, 0.5) is 5.69 Å². The molecule has 250 valence electrons. The number of imidazole rings is 1. The normalized spacial score (nSPS) is 24.1. The standard InChI is InChI=1S/C37H41ClN4O5Si/c1-35(2,3)48(5,6)47-32-34(42-22-40-29-27(39)21-28(38)41-33(29)42)45-30-31(36(30,32)43)46-37(23-13-9-7-10-14-23,24-15-11-8-12-16-24)25-17-19-26(44-4)20-18-25/h7-22,30-32,34,43H,1-6H3,(H2,39,41)/t30-,31?,32?,34-,36-/m1/s1. The van der Waals surface area contributed by atoms with Gasteiger partial charge in [0.25, 0.3) is 0 Å². The molecule has 7 rings (SSSR count). The van der Waals surface area contributed by atoms with Gasteiger partial charge in [-0.05, 0) is 47.0 Å². The number of pyridine rings is 1. The van der Waals surface area contributed by atoms with Crippen LogP contribution in [0.25, 0.3) is 11.2 Å². The maximum absolute atomic E-state index is 12.8. The Balaban J connectivity index is 1.36. The van der Waals surface area contributed by atoms with Crippen molar-refractivity contribution in [1.29, 1.82) is 0 Å². The predicted molar refractivity (Wildman–Crippen MR) is 189 cm³/mol. The number of methoxy groups -OCH3 is 1. The van der Waals surface area contributed by atoms with E-state index in [1.165, 1.54) is 0 Å². The first-order chi connectivity index (χ1) is 22.8. The Morgan fingerprint density at radius 3 is 2.06 bits per heavy atom. The maximum atomic E-state index is 12.8. The Labute approximate surface area is 286 Å². The third-order valence-corrected chi connectivity index (χ3v) is 14.9. The first-order valence-corrected chi connectivity index (χ1v) is 19.4. The summed E-state index contributed by atoms with van der Waals surface area (Å²) in [6.07, 6.45) is -1.41. The van der Waals surface area contributed by atoms with Crippen LogP contribution in [-0.2, 0) is 19.5 Å². The number of fused-ring (bicyclic) bond motifs is 2. The largest absolute Gasteiger partial charge is 0.497 e. The fourth-order valence-corrected chi connectivity index (χ4v) is 8.04. The van der Waals surface area contributed by atoms with E-state index < -0.39 is 44.1 Å². The van der Waals surface area contributed by atoms with Gasteiger partial charge in [-0.2, -0.15) is 0 Å². The van der Waals surface area contributed by atoms with Crippen molar-refractivity contribution in [2.45, 2.75) is 74.6 Å². The van der Waals surface area contributed by atoms with E-state index in [2.05, 4.69) is 43.8 Å². The molecule has 5 aromatic rings. The van der Waals surface area contributed by atoms with Crippen molar-refractivity contribution in [3.8, 4) is 5.75 Å². The molecule has 0 amide bonds. The van der Waals surface area contributed by atoms with Crippen molar-refractivity contribution >= 4 is 36.8 Å². The van der Waals surface area contributed by atoms with Crippen molar-refractivity contribution in [1.82, 2.24) is 14.5 Å². The molecule has 0 bridgehead atoms. The summed E-state index contributed by atoms with van der Waals surface area (Å²) in [4.78, 5) is 9.06. The van der Waals surface area contributed by atoms with Crippen molar-refractivity contribution in [2.75, 3.05) is 12.8 Å². The zero-order valence-electron chi connectivity index (χ0n) is 27.9. The van der Waals surface area contributed by atoms with Gasteiger partial charge in [0.15, 0.2) is 25.8 Å². The van der Waals surface area contributed by atoms with Crippen LogP contribution in [0.5, 0.6) is 5.75 Å². The van der Waals surface area contributed by atoms with E-state index in [0.29, 0.717) is 16.9 Å². The van der Waals surface area contributed by atoms with Crippen LogP contribution >= 0.6 is 11.6 Å².